The highest BCUT2D eigenvalue weighted by Crippen LogP contribution is 2.29. The fourth-order valence-electron chi connectivity index (χ4n) is 2.86. The minimum Gasteiger partial charge on any atom is -0.387 e. The maximum atomic E-state index is 13.5. The SMILES string of the molecule is OC(CNC1CCN(C2CC2)C1)c1ccccc1F. The van der Waals surface area contributed by atoms with Crippen LogP contribution in [0.1, 0.15) is 30.9 Å². The molecule has 2 fully saturated rings. The first-order chi connectivity index (χ1) is 9.24. The second-order valence-corrected chi connectivity index (χ2v) is 5.66. The minimum atomic E-state index is -0.767. The zero-order valence-electron chi connectivity index (χ0n) is 11.1. The van der Waals surface area contributed by atoms with Gasteiger partial charge in [0.1, 0.15) is 5.82 Å². The highest BCUT2D eigenvalue weighted by molar-refractivity contribution is 5.20. The average Bonchev–Trinajstić information content (AvgIpc) is 3.16. The lowest BCUT2D eigenvalue weighted by Gasteiger charge is -2.18. The van der Waals surface area contributed by atoms with E-state index in [1.54, 1.807) is 18.2 Å². The molecule has 2 unspecified atom stereocenters. The van der Waals surface area contributed by atoms with E-state index in [-0.39, 0.29) is 5.82 Å². The molecule has 0 radical (unpaired) electrons. The number of hydrogen-bond acceptors (Lipinski definition) is 3. The van der Waals surface area contributed by atoms with Gasteiger partial charge in [0.2, 0.25) is 0 Å². The zero-order chi connectivity index (χ0) is 13.2. The Bertz CT molecular complexity index is 436. The van der Waals surface area contributed by atoms with Crippen molar-refractivity contribution in [2.24, 2.45) is 0 Å². The van der Waals surface area contributed by atoms with Crippen molar-refractivity contribution in [1.82, 2.24) is 10.2 Å². The first-order valence-electron chi connectivity index (χ1n) is 7.14. The normalized spacial score (nSPS) is 25.7. The van der Waals surface area contributed by atoms with Gasteiger partial charge in [-0.1, -0.05) is 18.2 Å². The number of aliphatic hydroxyl groups is 1. The van der Waals surface area contributed by atoms with E-state index < -0.39 is 6.10 Å². The largest absolute Gasteiger partial charge is 0.387 e. The zero-order valence-corrected chi connectivity index (χ0v) is 11.1. The van der Waals surface area contributed by atoms with Crippen molar-refractivity contribution < 1.29 is 9.50 Å². The van der Waals surface area contributed by atoms with Crippen molar-refractivity contribution in [2.75, 3.05) is 19.6 Å². The molecule has 3 nitrogen and oxygen atoms in total. The molecule has 1 saturated heterocycles. The second kappa shape index (κ2) is 5.57. The molecule has 104 valence electrons. The van der Waals surface area contributed by atoms with E-state index in [0.29, 0.717) is 18.2 Å². The Balaban J connectivity index is 1.48. The standard InChI is InChI=1S/C15H21FN2O/c16-14-4-2-1-3-13(14)15(19)9-17-11-7-8-18(10-11)12-5-6-12/h1-4,11-12,15,17,19H,5-10H2. The lowest BCUT2D eigenvalue weighted by molar-refractivity contribution is 0.165. The van der Waals surface area contributed by atoms with Crippen LogP contribution in [0.15, 0.2) is 24.3 Å². The molecule has 0 spiro atoms. The monoisotopic (exact) mass is 264 g/mol. The first kappa shape index (κ1) is 13.0. The van der Waals surface area contributed by atoms with E-state index in [4.69, 9.17) is 0 Å². The van der Waals surface area contributed by atoms with Gasteiger partial charge in [0, 0.05) is 37.3 Å². The molecule has 1 heterocycles. The topological polar surface area (TPSA) is 35.5 Å². The summed E-state index contributed by atoms with van der Waals surface area (Å²) < 4.78 is 13.5. The van der Waals surface area contributed by atoms with Gasteiger partial charge < -0.3 is 10.4 Å². The fourth-order valence-corrected chi connectivity index (χ4v) is 2.86. The van der Waals surface area contributed by atoms with Gasteiger partial charge in [-0.25, -0.2) is 4.39 Å². The van der Waals surface area contributed by atoms with Gasteiger partial charge in [-0.3, -0.25) is 4.90 Å². The van der Waals surface area contributed by atoms with Crippen molar-refractivity contribution in [3.8, 4) is 0 Å². The molecule has 2 atom stereocenters. The number of hydrogen-bond donors (Lipinski definition) is 2. The maximum Gasteiger partial charge on any atom is 0.129 e. The summed E-state index contributed by atoms with van der Waals surface area (Å²) in [5.41, 5.74) is 0.382. The Morgan fingerprint density at radius 1 is 1.32 bits per heavy atom. The first-order valence-corrected chi connectivity index (χ1v) is 7.14. The van der Waals surface area contributed by atoms with Gasteiger partial charge >= 0.3 is 0 Å². The molecule has 19 heavy (non-hydrogen) atoms. The van der Waals surface area contributed by atoms with Crippen molar-refractivity contribution in [3.63, 3.8) is 0 Å². The summed E-state index contributed by atoms with van der Waals surface area (Å²) in [5, 5.41) is 13.4. The number of aliphatic hydroxyl groups excluding tert-OH is 1. The molecular formula is C15H21FN2O. The Morgan fingerprint density at radius 3 is 2.84 bits per heavy atom. The van der Waals surface area contributed by atoms with E-state index in [1.807, 2.05) is 0 Å². The predicted molar refractivity (Wildman–Crippen MR) is 72.4 cm³/mol. The minimum absolute atomic E-state index is 0.331. The lowest BCUT2D eigenvalue weighted by atomic mass is 10.1. The molecule has 1 aliphatic carbocycles. The molecule has 0 aromatic heterocycles. The van der Waals surface area contributed by atoms with Crippen molar-refractivity contribution in [2.45, 2.75) is 37.5 Å². The molecule has 0 bridgehead atoms. The highest BCUT2D eigenvalue weighted by atomic mass is 19.1. The van der Waals surface area contributed by atoms with Crippen LogP contribution in [0.4, 0.5) is 4.39 Å². The molecule has 2 aliphatic rings. The molecule has 1 aromatic carbocycles. The van der Waals surface area contributed by atoms with E-state index in [2.05, 4.69) is 10.2 Å². The number of nitrogens with zero attached hydrogens (tertiary/aromatic N) is 1. The molecule has 1 saturated carbocycles. The highest BCUT2D eigenvalue weighted by Gasteiger charge is 2.34. The summed E-state index contributed by atoms with van der Waals surface area (Å²) in [5.74, 6) is -0.331. The summed E-state index contributed by atoms with van der Waals surface area (Å²) in [6, 6.07) is 7.68. The Labute approximate surface area is 113 Å². The van der Waals surface area contributed by atoms with Gasteiger partial charge in [-0.15, -0.1) is 0 Å². The molecule has 4 heteroatoms. The third-order valence-corrected chi connectivity index (χ3v) is 4.15. The number of rotatable bonds is 5. The second-order valence-electron chi connectivity index (χ2n) is 5.66. The van der Waals surface area contributed by atoms with Crippen LogP contribution < -0.4 is 5.32 Å². The number of nitrogens with one attached hydrogen (secondary N) is 1. The van der Waals surface area contributed by atoms with Crippen molar-refractivity contribution in [3.05, 3.63) is 35.6 Å². The molecule has 3 rings (SSSR count). The molecule has 0 amide bonds. The van der Waals surface area contributed by atoms with Crippen molar-refractivity contribution >= 4 is 0 Å². The third kappa shape index (κ3) is 3.14. The molecule has 1 aromatic rings. The lowest BCUT2D eigenvalue weighted by Crippen LogP contribution is -2.35. The quantitative estimate of drug-likeness (QED) is 0.849. The van der Waals surface area contributed by atoms with E-state index in [1.165, 1.54) is 18.9 Å². The van der Waals surface area contributed by atoms with Crippen LogP contribution in [0, 0.1) is 5.82 Å². The number of benzene rings is 1. The third-order valence-electron chi connectivity index (χ3n) is 4.15. The summed E-state index contributed by atoms with van der Waals surface area (Å²) >= 11 is 0. The Kier molecular flexibility index (Phi) is 3.82. The van der Waals surface area contributed by atoms with Crippen molar-refractivity contribution in [1.29, 1.82) is 0 Å². The van der Waals surface area contributed by atoms with Crippen LogP contribution in [0.3, 0.4) is 0 Å². The Hall–Kier alpha value is -0.970. The van der Waals surface area contributed by atoms with Gasteiger partial charge in [0.05, 0.1) is 6.10 Å². The van der Waals surface area contributed by atoms with Crippen LogP contribution in [0.5, 0.6) is 0 Å². The van der Waals surface area contributed by atoms with E-state index in [0.717, 1.165) is 25.6 Å². The van der Waals surface area contributed by atoms with Crippen LogP contribution in [-0.2, 0) is 0 Å². The maximum absolute atomic E-state index is 13.5. The summed E-state index contributed by atoms with van der Waals surface area (Å²) in [6.07, 6.45) is 3.03. The van der Waals surface area contributed by atoms with Gasteiger partial charge in [0.25, 0.3) is 0 Å². The summed E-state index contributed by atoms with van der Waals surface area (Å²) in [6.45, 7) is 2.64. The number of likely N-dealkylation sites (tertiary alicyclic amines) is 1. The number of halogens is 1. The summed E-state index contributed by atoms with van der Waals surface area (Å²) in [7, 11) is 0. The molecule has 1 aliphatic heterocycles. The Morgan fingerprint density at radius 2 is 2.11 bits per heavy atom. The summed E-state index contributed by atoms with van der Waals surface area (Å²) in [4.78, 5) is 2.52. The van der Waals surface area contributed by atoms with Gasteiger partial charge in [0.15, 0.2) is 0 Å². The molecular weight excluding hydrogens is 243 g/mol. The van der Waals surface area contributed by atoms with E-state index in [9.17, 15) is 9.50 Å². The fraction of sp³-hybridized carbons (Fsp3) is 0.600. The average molecular weight is 264 g/mol. The van der Waals surface area contributed by atoms with Crippen LogP contribution in [0.25, 0.3) is 0 Å². The van der Waals surface area contributed by atoms with Crippen LogP contribution in [0.2, 0.25) is 0 Å². The van der Waals surface area contributed by atoms with E-state index >= 15 is 0 Å². The smallest absolute Gasteiger partial charge is 0.129 e. The van der Waals surface area contributed by atoms with Crippen LogP contribution >= 0.6 is 0 Å². The predicted octanol–water partition coefficient (Wildman–Crippen LogP) is 1.69. The van der Waals surface area contributed by atoms with Crippen LogP contribution in [-0.4, -0.2) is 41.7 Å². The van der Waals surface area contributed by atoms with Gasteiger partial charge in [-0.2, -0.15) is 0 Å². The molecule has 2 N–H and O–H groups in total. The van der Waals surface area contributed by atoms with Gasteiger partial charge in [-0.05, 0) is 25.3 Å².